The minimum atomic E-state index is -0.157. The van der Waals surface area contributed by atoms with E-state index in [9.17, 15) is 4.79 Å². The molecule has 0 aliphatic carbocycles. The third-order valence-corrected chi connectivity index (χ3v) is 5.71. The molecule has 0 saturated carbocycles. The SMILES string of the molecule is Cc1nc2c(c(-c3ccc(Cl)cc3Cl)c1CN)CN(c1ccc(Cl)cc1)C2=O. The number of hydrogen-bond acceptors (Lipinski definition) is 3. The molecule has 4 rings (SSSR count). The van der Waals surface area contributed by atoms with Crippen LogP contribution < -0.4 is 10.6 Å². The zero-order valence-electron chi connectivity index (χ0n) is 15.0. The van der Waals surface area contributed by atoms with Crippen molar-refractivity contribution in [1.29, 1.82) is 0 Å². The zero-order chi connectivity index (χ0) is 20.0. The molecule has 0 radical (unpaired) electrons. The van der Waals surface area contributed by atoms with Crippen LogP contribution in [0.1, 0.15) is 27.3 Å². The van der Waals surface area contributed by atoms with Gasteiger partial charge in [0, 0.05) is 44.1 Å². The highest BCUT2D eigenvalue weighted by Crippen LogP contribution is 2.40. The van der Waals surface area contributed by atoms with Crippen LogP contribution in [-0.4, -0.2) is 10.9 Å². The van der Waals surface area contributed by atoms with Crippen molar-refractivity contribution in [3.63, 3.8) is 0 Å². The number of aryl methyl sites for hydroxylation is 1. The predicted octanol–water partition coefficient (Wildman–Crippen LogP) is 5.64. The number of rotatable bonds is 3. The van der Waals surface area contributed by atoms with Gasteiger partial charge in [-0.1, -0.05) is 40.9 Å². The lowest BCUT2D eigenvalue weighted by molar-refractivity contribution is 0.0992. The second kappa shape index (κ2) is 7.37. The molecule has 0 atom stereocenters. The molecule has 0 unspecified atom stereocenters. The first-order valence-corrected chi connectivity index (χ1v) is 9.79. The van der Waals surface area contributed by atoms with Crippen LogP contribution in [0.3, 0.4) is 0 Å². The monoisotopic (exact) mass is 431 g/mol. The first-order valence-electron chi connectivity index (χ1n) is 8.66. The van der Waals surface area contributed by atoms with Crippen LogP contribution >= 0.6 is 34.8 Å². The number of nitrogens with zero attached hydrogens (tertiary/aromatic N) is 2. The molecule has 28 heavy (non-hydrogen) atoms. The number of hydrogen-bond donors (Lipinski definition) is 1. The average molecular weight is 433 g/mol. The molecule has 1 aliphatic rings. The summed E-state index contributed by atoms with van der Waals surface area (Å²) in [5, 5.41) is 1.66. The van der Waals surface area contributed by atoms with Crippen molar-refractivity contribution in [2.45, 2.75) is 20.0 Å². The summed E-state index contributed by atoms with van der Waals surface area (Å²) in [6.45, 7) is 2.52. The minimum Gasteiger partial charge on any atom is -0.326 e. The third kappa shape index (κ3) is 3.16. The van der Waals surface area contributed by atoms with Gasteiger partial charge in [0.05, 0.1) is 6.54 Å². The Balaban J connectivity index is 1.92. The molecule has 1 aromatic heterocycles. The fourth-order valence-corrected chi connectivity index (χ4v) is 4.20. The molecule has 7 heteroatoms. The summed E-state index contributed by atoms with van der Waals surface area (Å²) in [4.78, 5) is 19.3. The van der Waals surface area contributed by atoms with Gasteiger partial charge >= 0.3 is 0 Å². The van der Waals surface area contributed by atoms with Crippen molar-refractivity contribution in [3.8, 4) is 11.1 Å². The Morgan fingerprint density at radius 3 is 2.39 bits per heavy atom. The van der Waals surface area contributed by atoms with E-state index < -0.39 is 0 Å². The van der Waals surface area contributed by atoms with Crippen LogP contribution in [-0.2, 0) is 13.1 Å². The van der Waals surface area contributed by atoms with Crippen LogP contribution in [0.2, 0.25) is 15.1 Å². The first kappa shape index (κ1) is 19.2. The molecular formula is C21H16Cl3N3O. The smallest absolute Gasteiger partial charge is 0.277 e. The largest absolute Gasteiger partial charge is 0.326 e. The second-order valence-corrected chi connectivity index (χ2v) is 7.85. The summed E-state index contributed by atoms with van der Waals surface area (Å²) in [7, 11) is 0. The molecule has 2 aromatic carbocycles. The highest BCUT2D eigenvalue weighted by Gasteiger charge is 2.34. The van der Waals surface area contributed by atoms with Gasteiger partial charge in [-0.2, -0.15) is 0 Å². The highest BCUT2D eigenvalue weighted by atomic mass is 35.5. The van der Waals surface area contributed by atoms with E-state index in [-0.39, 0.29) is 12.5 Å². The van der Waals surface area contributed by atoms with Gasteiger partial charge in [-0.15, -0.1) is 0 Å². The van der Waals surface area contributed by atoms with E-state index in [1.54, 1.807) is 29.2 Å². The zero-order valence-corrected chi connectivity index (χ0v) is 17.2. The maximum atomic E-state index is 13.1. The molecular weight excluding hydrogens is 417 g/mol. The molecule has 0 fully saturated rings. The lowest BCUT2D eigenvalue weighted by atomic mass is 9.93. The van der Waals surface area contributed by atoms with E-state index in [2.05, 4.69) is 4.98 Å². The summed E-state index contributed by atoms with van der Waals surface area (Å²) >= 11 is 18.6. The van der Waals surface area contributed by atoms with Gasteiger partial charge in [0.25, 0.3) is 5.91 Å². The lowest BCUT2D eigenvalue weighted by Crippen LogP contribution is -2.23. The molecule has 1 aliphatic heterocycles. The Morgan fingerprint density at radius 2 is 1.75 bits per heavy atom. The number of benzene rings is 2. The van der Waals surface area contributed by atoms with Crippen molar-refractivity contribution < 1.29 is 4.79 Å². The quantitative estimate of drug-likeness (QED) is 0.583. The normalized spacial score (nSPS) is 13.2. The molecule has 0 saturated heterocycles. The van der Waals surface area contributed by atoms with Crippen LogP contribution in [0.25, 0.3) is 11.1 Å². The Bertz CT molecular complexity index is 1100. The second-order valence-electron chi connectivity index (χ2n) is 6.57. The maximum Gasteiger partial charge on any atom is 0.277 e. The average Bonchev–Trinajstić information content (AvgIpc) is 2.98. The topological polar surface area (TPSA) is 59.2 Å². The molecule has 0 bridgehead atoms. The van der Waals surface area contributed by atoms with Gasteiger partial charge in [-0.3, -0.25) is 4.79 Å². The van der Waals surface area contributed by atoms with Crippen LogP contribution in [0.15, 0.2) is 42.5 Å². The van der Waals surface area contributed by atoms with E-state index in [1.165, 1.54) is 0 Å². The number of anilines is 1. The van der Waals surface area contributed by atoms with Gasteiger partial charge in [0.15, 0.2) is 0 Å². The number of nitrogens with two attached hydrogens (primary N) is 1. The molecule has 3 aromatic rings. The Labute approximate surface area is 177 Å². The highest BCUT2D eigenvalue weighted by molar-refractivity contribution is 6.36. The van der Waals surface area contributed by atoms with Gasteiger partial charge in [0.1, 0.15) is 5.69 Å². The summed E-state index contributed by atoms with van der Waals surface area (Å²) in [6, 6.07) is 12.5. The summed E-state index contributed by atoms with van der Waals surface area (Å²) < 4.78 is 0. The minimum absolute atomic E-state index is 0.157. The van der Waals surface area contributed by atoms with Gasteiger partial charge < -0.3 is 10.6 Å². The molecule has 2 heterocycles. The number of amides is 1. The van der Waals surface area contributed by atoms with E-state index in [1.807, 2.05) is 25.1 Å². The van der Waals surface area contributed by atoms with Gasteiger partial charge in [-0.05, 0) is 54.4 Å². The van der Waals surface area contributed by atoms with Crippen LogP contribution in [0, 0.1) is 6.92 Å². The summed E-state index contributed by atoms with van der Waals surface area (Å²) in [5.41, 5.74) is 11.3. The van der Waals surface area contributed by atoms with E-state index in [4.69, 9.17) is 40.5 Å². The Morgan fingerprint density at radius 1 is 1.07 bits per heavy atom. The van der Waals surface area contributed by atoms with E-state index in [0.29, 0.717) is 33.0 Å². The number of halogens is 3. The third-order valence-electron chi connectivity index (χ3n) is 4.91. The fourth-order valence-electron chi connectivity index (χ4n) is 3.57. The maximum absolute atomic E-state index is 13.1. The number of carbonyl (C=O) groups is 1. The standard InChI is InChI=1S/C21H16Cl3N3O/c1-11-16(9-25)19(15-7-4-13(23)8-18(15)24)17-10-27(21(28)20(17)26-11)14-5-2-12(22)3-6-14/h2-8H,9-10,25H2,1H3. The number of aromatic nitrogens is 1. The van der Waals surface area contributed by atoms with Crippen molar-refractivity contribution >= 4 is 46.4 Å². The van der Waals surface area contributed by atoms with Crippen molar-refractivity contribution in [2.75, 3.05) is 4.90 Å². The van der Waals surface area contributed by atoms with E-state index in [0.717, 1.165) is 27.9 Å². The van der Waals surface area contributed by atoms with Crippen molar-refractivity contribution in [2.24, 2.45) is 5.73 Å². The molecule has 4 nitrogen and oxygen atoms in total. The molecule has 142 valence electrons. The molecule has 2 N–H and O–H groups in total. The lowest BCUT2D eigenvalue weighted by Gasteiger charge is -2.17. The van der Waals surface area contributed by atoms with Gasteiger partial charge in [-0.25, -0.2) is 4.98 Å². The van der Waals surface area contributed by atoms with Gasteiger partial charge in [0.2, 0.25) is 0 Å². The van der Waals surface area contributed by atoms with Crippen molar-refractivity contribution in [3.05, 3.63) is 80.0 Å². The predicted molar refractivity (Wildman–Crippen MR) is 114 cm³/mol. The number of carbonyl (C=O) groups excluding carboxylic acids is 1. The van der Waals surface area contributed by atoms with Crippen LogP contribution in [0.5, 0.6) is 0 Å². The number of fused-ring (bicyclic) bond motifs is 1. The van der Waals surface area contributed by atoms with Crippen molar-refractivity contribution in [1.82, 2.24) is 4.98 Å². The summed E-state index contributed by atoms with van der Waals surface area (Å²) in [6.07, 6.45) is 0. The molecule has 1 amide bonds. The molecule has 0 spiro atoms. The Kier molecular flexibility index (Phi) is 5.06. The summed E-state index contributed by atoms with van der Waals surface area (Å²) in [5.74, 6) is -0.157. The fraction of sp³-hybridized carbons (Fsp3) is 0.143. The van der Waals surface area contributed by atoms with E-state index >= 15 is 0 Å². The number of pyridine rings is 1. The van der Waals surface area contributed by atoms with Crippen LogP contribution in [0.4, 0.5) is 5.69 Å². The first-order chi connectivity index (χ1) is 13.4. The Hall–Kier alpha value is -2.11.